The molecular formula is C17H26O4S. The van der Waals surface area contributed by atoms with Gasteiger partial charge in [0.25, 0.3) is 0 Å². The lowest BCUT2D eigenvalue weighted by molar-refractivity contribution is -0.141. The van der Waals surface area contributed by atoms with Gasteiger partial charge in [-0.25, -0.2) is 8.42 Å². The number of carboxylic acids is 1. The first kappa shape index (κ1) is 18.7. The molecule has 1 rings (SSSR count). The van der Waals surface area contributed by atoms with Crippen LogP contribution in [0.2, 0.25) is 0 Å². The molecule has 0 saturated carbocycles. The average Bonchev–Trinajstić information content (AvgIpc) is 2.50. The fourth-order valence-electron chi connectivity index (χ4n) is 2.57. The van der Waals surface area contributed by atoms with Gasteiger partial charge in [-0.05, 0) is 18.6 Å². The molecule has 0 heterocycles. The van der Waals surface area contributed by atoms with E-state index in [1.807, 2.05) is 0 Å². The van der Waals surface area contributed by atoms with Crippen molar-refractivity contribution in [3.8, 4) is 0 Å². The van der Waals surface area contributed by atoms with Gasteiger partial charge in [0.15, 0.2) is 9.84 Å². The van der Waals surface area contributed by atoms with Crippen molar-refractivity contribution in [3.05, 3.63) is 30.3 Å². The number of hydrogen-bond acceptors (Lipinski definition) is 3. The Balaban J connectivity index is 2.88. The molecule has 0 fully saturated rings. The van der Waals surface area contributed by atoms with E-state index in [0.717, 1.165) is 32.1 Å². The lowest BCUT2D eigenvalue weighted by atomic mass is 10.0. The average molecular weight is 326 g/mol. The number of carboxylic acid groups (broad SMARTS) is 1. The Bertz CT molecular complexity index is 551. The fraction of sp³-hybridized carbons (Fsp3) is 0.588. The van der Waals surface area contributed by atoms with Gasteiger partial charge in [-0.1, -0.05) is 64.2 Å². The number of sulfone groups is 1. The van der Waals surface area contributed by atoms with E-state index in [4.69, 9.17) is 0 Å². The summed E-state index contributed by atoms with van der Waals surface area (Å²) in [6, 6.07) is 8.15. The van der Waals surface area contributed by atoms with Gasteiger partial charge in [0.1, 0.15) is 0 Å². The van der Waals surface area contributed by atoms with Crippen molar-refractivity contribution in [2.24, 2.45) is 5.92 Å². The molecule has 2 unspecified atom stereocenters. The van der Waals surface area contributed by atoms with E-state index in [1.54, 1.807) is 18.2 Å². The molecule has 0 saturated heterocycles. The Morgan fingerprint density at radius 1 is 1.09 bits per heavy atom. The Hall–Kier alpha value is -1.36. The molecular weight excluding hydrogens is 300 g/mol. The molecule has 124 valence electrons. The first-order chi connectivity index (χ1) is 10.4. The van der Waals surface area contributed by atoms with Crippen molar-refractivity contribution in [1.29, 1.82) is 0 Å². The van der Waals surface area contributed by atoms with Crippen molar-refractivity contribution >= 4 is 15.8 Å². The van der Waals surface area contributed by atoms with Gasteiger partial charge in [-0.3, -0.25) is 4.79 Å². The molecule has 0 aliphatic rings. The van der Waals surface area contributed by atoms with E-state index in [0.29, 0.717) is 6.42 Å². The highest BCUT2D eigenvalue weighted by atomic mass is 32.2. The molecule has 22 heavy (non-hydrogen) atoms. The molecule has 1 aromatic carbocycles. The molecule has 1 aromatic rings. The molecule has 0 amide bonds. The summed E-state index contributed by atoms with van der Waals surface area (Å²) in [6.45, 7) is 3.61. The first-order valence-corrected chi connectivity index (χ1v) is 9.47. The molecule has 0 spiro atoms. The summed E-state index contributed by atoms with van der Waals surface area (Å²) in [5.41, 5.74) is 0. The van der Waals surface area contributed by atoms with Crippen LogP contribution in [0, 0.1) is 5.92 Å². The second-order valence-electron chi connectivity index (χ2n) is 5.73. The second kappa shape index (κ2) is 8.93. The minimum absolute atomic E-state index is 0.210. The lowest BCUT2D eigenvalue weighted by Crippen LogP contribution is -2.33. The number of unbranched alkanes of at least 4 members (excludes halogenated alkanes) is 4. The van der Waals surface area contributed by atoms with Crippen LogP contribution in [0.25, 0.3) is 0 Å². The van der Waals surface area contributed by atoms with Gasteiger partial charge >= 0.3 is 5.97 Å². The largest absolute Gasteiger partial charge is 0.481 e. The van der Waals surface area contributed by atoms with Crippen LogP contribution in [0.3, 0.4) is 0 Å². The van der Waals surface area contributed by atoms with Gasteiger partial charge in [-0.2, -0.15) is 0 Å². The van der Waals surface area contributed by atoms with E-state index in [1.165, 1.54) is 19.1 Å². The zero-order chi connectivity index (χ0) is 16.6. The molecule has 0 radical (unpaired) electrons. The van der Waals surface area contributed by atoms with E-state index in [2.05, 4.69) is 6.92 Å². The van der Waals surface area contributed by atoms with Crippen LogP contribution in [0.1, 0.15) is 52.4 Å². The van der Waals surface area contributed by atoms with Crippen molar-refractivity contribution in [3.63, 3.8) is 0 Å². The highest BCUT2D eigenvalue weighted by Crippen LogP contribution is 2.26. The predicted molar refractivity (Wildman–Crippen MR) is 87.6 cm³/mol. The Labute approximate surface area is 133 Å². The molecule has 1 N–H and O–H groups in total. The molecule has 2 atom stereocenters. The van der Waals surface area contributed by atoms with Crippen LogP contribution in [-0.4, -0.2) is 24.7 Å². The molecule has 0 aliphatic carbocycles. The van der Waals surface area contributed by atoms with E-state index >= 15 is 0 Å². The van der Waals surface area contributed by atoms with Crippen molar-refractivity contribution < 1.29 is 18.3 Å². The molecule has 0 aromatic heterocycles. The number of hydrogen-bond donors (Lipinski definition) is 1. The summed E-state index contributed by atoms with van der Waals surface area (Å²) in [6.07, 6.45) is 5.40. The topological polar surface area (TPSA) is 71.4 Å². The van der Waals surface area contributed by atoms with Crippen LogP contribution >= 0.6 is 0 Å². The lowest BCUT2D eigenvalue weighted by Gasteiger charge is -2.21. The third kappa shape index (κ3) is 5.13. The molecule has 5 heteroatoms. The van der Waals surface area contributed by atoms with E-state index < -0.39 is 27.0 Å². The molecule has 4 nitrogen and oxygen atoms in total. The summed E-state index contributed by atoms with van der Waals surface area (Å²) in [4.78, 5) is 11.5. The van der Waals surface area contributed by atoms with Crippen LogP contribution in [0.5, 0.6) is 0 Å². The summed E-state index contributed by atoms with van der Waals surface area (Å²) in [7, 11) is -3.62. The Morgan fingerprint density at radius 3 is 2.23 bits per heavy atom. The third-order valence-electron chi connectivity index (χ3n) is 4.01. The van der Waals surface area contributed by atoms with Crippen LogP contribution in [0.15, 0.2) is 35.2 Å². The Morgan fingerprint density at radius 2 is 1.68 bits per heavy atom. The van der Waals surface area contributed by atoms with Gasteiger partial charge in [0.2, 0.25) is 0 Å². The molecule has 0 aliphatic heterocycles. The highest BCUT2D eigenvalue weighted by Gasteiger charge is 2.35. The number of carbonyl (C=O) groups is 1. The zero-order valence-electron chi connectivity index (χ0n) is 13.4. The number of rotatable bonds is 10. The SMILES string of the molecule is CCCCCCCC(C(C)C(=O)O)S(=O)(=O)c1ccccc1. The summed E-state index contributed by atoms with van der Waals surface area (Å²) in [5, 5.41) is 8.37. The van der Waals surface area contributed by atoms with Gasteiger partial charge in [0, 0.05) is 0 Å². The smallest absolute Gasteiger partial charge is 0.307 e. The maximum Gasteiger partial charge on any atom is 0.307 e. The monoisotopic (exact) mass is 326 g/mol. The van der Waals surface area contributed by atoms with Crippen LogP contribution < -0.4 is 0 Å². The zero-order valence-corrected chi connectivity index (χ0v) is 14.2. The van der Waals surface area contributed by atoms with Gasteiger partial charge in [-0.15, -0.1) is 0 Å². The quantitative estimate of drug-likeness (QED) is 0.662. The van der Waals surface area contributed by atoms with Crippen molar-refractivity contribution in [1.82, 2.24) is 0 Å². The van der Waals surface area contributed by atoms with Crippen LogP contribution in [0.4, 0.5) is 0 Å². The maximum atomic E-state index is 12.7. The minimum Gasteiger partial charge on any atom is -0.481 e. The molecule has 0 bridgehead atoms. The normalized spacial score (nSPS) is 14.5. The summed E-state index contributed by atoms with van der Waals surface area (Å²) >= 11 is 0. The van der Waals surface area contributed by atoms with Crippen molar-refractivity contribution in [2.45, 2.75) is 62.5 Å². The fourth-order valence-corrected chi connectivity index (χ4v) is 4.58. The number of aliphatic carboxylic acids is 1. The second-order valence-corrected chi connectivity index (χ2v) is 7.89. The van der Waals surface area contributed by atoms with Gasteiger partial charge < -0.3 is 5.11 Å². The maximum absolute atomic E-state index is 12.7. The van der Waals surface area contributed by atoms with Crippen LogP contribution in [-0.2, 0) is 14.6 Å². The Kier molecular flexibility index (Phi) is 7.59. The first-order valence-electron chi connectivity index (χ1n) is 7.93. The standard InChI is InChI=1S/C17H26O4S/c1-3-4-5-6-10-13-16(14(2)17(18)19)22(20,21)15-11-8-7-9-12-15/h7-9,11-12,14,16H,3-6,10,13H2,1-2H3,(H,18,19). The summed E-state index contributed by atoms with van der Waals surface area (Å²) < 4.78 is 25.5. The third-order valence-corrected chi connectivity index (χ3v) is 6.38. The number of benzene rings is 1. The predicted octanol–water partition coefficient (Wildman–Crippen LogP) is 3.91. The van der Waals surface area contributed by atoms with E-state index in [9.17, 15) is 18.3 Å². The van der Waals surface area contributed by atoms with Crippen molar-refractivity contribution in [2.75, 3.05) is 0 Å². The van der Waals surface area contributed by atoms with Gasteiger partial charge in [0.05, 0.1) is 16.1 Å². The summed E-state index contributed by atoms with van der Waals surface area (Å²) in [5.74, 6) is -1.96. The minimum atomic E-state index is -3.62. The van der Waals surface area contributed by atoms with E-state index in [-0.39, 0.29) is 4.90 Å². The highest BCUT2D eigenvalue weighted by molar-refractivity contribution is 7.92.